The zero-order valence-electron chi connectivity index (χ0n) is 9.85. The van der Waals surface area contributed by atoms with Crippen LogP contribution >= 0.6 is 0 Å². The fraction of sp³-hybridized carbons (Fsp3) is 0.385. The van der Waals surface area contributed by atoms with Crippen molar-refractivity contribution >= 4 is 11.9 Å². The number of nitrogens with one attached hydrogen (secondary N) is 1. The lowest BCUT2D eigenvalue weighted by molar-refractivity contribution is -0.121. The average Bonchev–Trinajstić information content (AvgIpc) is 3.14. The van der Waals surface area contributed by atoms with Gasteiger partial charge in [-0.3, -0.25) is 10.1 Å². The van der Waals surface area contributed by atoms with Gasteiger partial charge >= 0.3 is 6.03 Å². The van der Waals surface area contributed by atoms with E-state index in [0.29, 0.717) is 6.54 Å². The molecule has 0 spiro atoms. The van der Waals surface area contributed by atoms with Crippen LogP contribution in [0, 0.1) is 5.92 Å². The van der Waals surface area contributed by atoms with E-state index in [1.807, 2.05) is 30.3 Å². The van der Waals surface area contributed by atoms with Crippen molar-refractivity contribution in [1.29, 1.82) is 0 Å². The molecule has 0 radical (unpaired) electrons. The molecular weight excluding hydrogens is 216 g/mol. The standard InChI is InChI=1S/C13H16N2O2/c1-15(9-10-5-3-2-4-6-10)13(17)14-12(16)11-7-8-11/h2-6,11H,7-9H2,1H3,(H,14,16,17). The van der Waals surface area contributed by atoms with Crippen LogP contribution in [0.25, 0.3) is 0 Å². The van der Waals surface area contributed by atoms with Gasteiger partial charge in [0.15, 0.2) is 0 Å². The number of hydrogen-bond acceptors (Lipinski definition) is 2. The quantitative estimate of drug-likeness (QED) is 0.863. The molecule has 1 saturated carbocycles. The molecule has 1 aliphatic carbocycles. The van der Waals surface area contributed by atoms with Crippen LogP contribution in [-0.2, 0) is 11.3 Å². The predicted octanol–water partition coefficient (Wildman–Crippen LogP) is 1.76. The number of imide groups is 1. The SMILES string of the molecule is CN(Cc1ccccc1)C(=O)NC(=O)C1CC1. The van der Waals surface area contributed by atoms with E-state index in [4.69, 9.17) is 0 Å². The Bertz CT molecular complexity index is 413. The summed E-state index contributed by atoms with van der Waals surface area (Å²) >= 11 is 0. The third kappa shape index (κ3) is 3.31. The molecule has 0 saturated heterocycles. The highest BCUT2D eigenvalue weighted by Gasteiger charge is 2.31. The van der Waals surface area contributed by atoms with Crippen LogP contribution in [0.1, 0.15) is 18.4 Å². The van der Waals surface area contributed by atoms with Gasteiger partial charge in [-0.1, -0.05) is 30.3 Å². The summed E-state index contributed by atoms with van der Waals surface area (Å²) in [4.78, 5) is 24.6. The van der Waals surface area contributed by atoms with Crippen molar-refractivity contribution in [3.8, 4) is 0 Å². The molecule has 1 aliphatic rings. The van der Waals surface area contributed by atoms with Crippen molar-refractivity contribution in [3.05, 3.63) is 35.9 Å². The van der Waals surface area contributed by atoms with Gasteiger partial charge in [0, 0.05) is 19.5 Å². The van der Waals surface area contributed by atoms with Crippen LogP contribution < -0.4 is 5.32 Å². The molecule has 0 unspecified atom stereocenters. The number of benzene rings is 1. The first kappa shape index (κ1) is 11.6. The highest BCUT2D eigenvalue weighted by molar-refractivity contribution is 5.96. The first-order valence-electron chi connectivity index (χ1n) is 5.76. The molecule has 1 aromatic rings. The van der Waals surface area contributed by atoms with Crippen LogP contribution in [0.5, 0.6) is 0 Å². The number of carbonyl (C=O) groups is 2. The number of rotatable bonds is 3. The van der Waals surface area contributed by atoms with E-state index in [0.717, 1.165) is 18.4 Å². The number of amides is 3. The molecule has 17 heavy (non-hydrogen) atoms. The normalized spacial score (nSPS) is 14.2. The average molecular weight is 232 g/mol. The van der Waals surface area contributed by atoms with Crippen LogP contribution in [0.4, 0.5) is 4.79 Å². The van der Waals surface area contributed by atoms with Gasteiger partial charge in [0.25, 0.3) is 0 Å². The molecule has 4 nitrogen and oxygen atoms in total. The summed E-state index contributed by atoms with van der Waals surface area (Å²) in [7, 11) is 1.68. The minimum Gasteiger partial charge on any atom is -0.323 e. The minimum absolute atomic E-state index is 0.0593. The Morgan fingerprint density at radius 3 is 2.53 bits per heavy atom. The Kier molecular flexibility index (Phi) is 3.42. The Labute approximate surface area is 101 Å². The van der Waals surface area contributed by atoms with Crippen LogP contribution in [-0.4, -0.2) is 23.9 Å². The lowest BCUT2D eigenvalue weighted by Gasteiger charge is -2.17. The van der Waals surface area contributed by atoms with E-state index >= 15 is 0 Å². The third-order valence-corrected chi connectivity index (χ3v) is 2.79. The van der Waals surface area contributed by atoms with Crippen molar-refractivity contribution < 1.29 is 9.59 Å². The monoisotopic (exact) mass is 232 g/mol. The van der Waals surface area contributed by atoms with E-state index in [1.165, 1.54) is 4.90 Å². The first-order valence-corrected chi connectivity index (χ1v) is 5.76. The first-order chi connectivity index (χ1) is 8.16. The van der Waals surface area contributed by atoms with Crippen LogP contribution in [0.2, 0.25) is 0 Å². The molecule has 1 N–H and O–H groups in total. The number of nitrogens with zero attached hydrogens (tertiary/aromatic N) is 1. The second-order valence-electron chi connectivity index (χ2n) is 4.41. The Morgan fingerprint density at radius 2 is 1.94 bits per heavy atom. The highest BCUT2D eigenvalue weighted by Crippen LogP contribution is 2.28. The molecule has 0 atom stereocenters. The summed E-state index contributed by atoms with van der Waals surface area (Å²) in [5.74, 6) is -0.0843. The fourth-order valence-electron chi connectivity index (χ4n) is 1.58. The zero-order chi connectivity index (χ0) is 12.3. The fourth-order valence-corrected chi connectivity index (χ4v) is 1.58. The van der Waals surface area contributed by atoms with Crippen molar-refractivity contribution in [2.45, 2.75) is 19.4 Å². The minimum atomic E-state index is -0.328. The smallest absolute Gasteiger partial charge is 0.323 e. The molecule has 90 valence electrons. The number of carbonyl (C=O) groups excluding carboxylic acids is 2. The van der Waals surface area contributed by atoms with E-state index < -0.39 is 0 Å². The van der Waals surface area contributed by atoms with Gasteiger partial charge in [0.2, 0.25) is 5.91 Å². The van der Waals surface area contributed by atoms with Crippen molar-refractivity contribution in [2.75, 3.05) is 7.05 Å². The van der Waals surface area contributed by atoms with E-state index in [-0.39, 0.29) is 17.9 Å². The topological polar surface area (TPSA) is 49.4 Å². The molecule has 3 amide bonds. The van der Waals surface area contributed by atoms with Gasteiger partial charge in [0.05, 0.1) is 0 Å². The molecule has 1 fully saturated rings. The van der Waals surface area contributed by atoms with E-state index in [1.54, 1.807) is 7.05 Å². The lowest BCUT2D eigenvalue weighted by atomic mass is 10.2. The maximum atomic E-state index is 11.7. The summed E-state index contributed by atoms with van der Waals surface area (Å²) in [5, 5.41) is 2.41. The maximum Gasteiger partial charge on any atom is 0.324 e. The molecule has 2 rings (SSSR count). The molecule has 1 aromatic carbocycles. The molecular formula is C13H16N2O2. The van der Waals surface area contributed by atoms with E-state index in [2.05, 4.69) is 5.32 Å². The number of urea groups is 1. The van der Waals surface area contributed by atoms with Crippen molar-refractivity contribution in [3.63, 3.8) is 0 Å². The summed E-state index contributed by atoms with van der Waals surface area (Å²) in [5.41, 5.74) is 1.05. The van der Waals surface area contributed by atoms with Gasteiger partial charge < -0.3 is 4.90 Å². The second kappa shape index (κ2) is 4.99. The lowest BCUT2D eigenvalue weighted by Crippen LogP contribution is -2.41. The molecule has 0 aliphatic heterocycles. The largest absolute Gasteiger partial charge is 0.324 e. The Hall–Kier alpha value is -1.84. The molecule has 0 aromatic heterocycles. The zero-order valence-corrected chi connectivity index (χ0v) is 9.85. The molecule has 0 heterocycles. The summed E-state index contributed by atoms with van der Waals surface area (Å²) in [6, 6.07) is 9.36. The summed E-state index contributed by atoms with van der Waals surface area (Å²) < 4.78 is 0. The third-order valence-electron chi connectivity index (χ3n) is 2.79. The maximum absolute atomic E-state index is 11.7. The van der Waals surface area contributed by atoms with Gasteiger partial charge in [-0.2, -0.15) is 0 Å². The molecule has 0 bridgehead atoms. The highest BCUT2D eigenvalue weighted by atomic mass is 16.2. The van der Waals surface area contributed by atoms with Gasteiger partial charge in [0.1, 0.15) is 0 Å². The van der Waals surface area contributed by atoms with Gasteiger partial charge in [-0.25, -0.2) is 4.79 Å². The molecule has 4 heteroatoms. The Morgan fingerprint density at radius 1 is 1.29 bits per heavy atom. The van der Waals surface area contributed by atoms with Gasteiger partial charge in [-0.15, -0.1) is 0 Å². The summed E-state index contributed by atoms with van der Waals surface area (Å²) in [6.07, 6.45) is 1.81. The number of hydrogen-bond donors (Lipinski definition) is 1. The van der Waals surface area contributed by atoms with E-state index in [9.17, 15) is 9.59 Å². The van der Waals surface area contributed by atoms with Crippen LogP contribution in [0.3, 0.4) is 0 Å². The van der Waals surface area contributed by atoms with Crippen molar-refractivity contribution in [2.24, 2.45) is 5.92 Å². The van der Waals surface area contributed by atoms with Crippen LogP contribution in [0.15, 0.2) is 30.3 Å². The predicted molar refractivity (Wildman–Crippen MR) is 64.2 cm³/mol. The second-order valence-corrected chi connectivity index (χ2v) is 4.41. The summed E-state index contributed by atoms with van der Waals surface area (Å²) in [6.45, 7) is 0.505. The van der Waals surface area contributed by atoms with Gasteiger partial charge in [-0.05, 0) is 18.4 Å². The van der Waals surface area contributed by atoms with Crippen molar-refractivity contribution in [1.82, 2.24) is 10.2 Å². The Balaban J connectivity index is 1.84.